The highest BCUT2D eigenvalue weighted by atomic mass is 16.4. The summed E-state index contributed by atoms with van der Waals surface area (Å²) in [6.07, 6.45) is 0.845. The zero-order valence-corrected chi connectivity index (χ0v) is 16.1. The van der Waals surface area contributed by atoms with Crippen molar-refractivity contribution in [2.24, 2.45) is 0 Å². The molecule has 0 saturated carbocycles. The number of likely N-dealkylation sites (tertiary alicyclic amines) is 1. The Balaban J connectivity index is 1.80. The normalized spacial score (nSPS) is 15.5. The molecular weight excluding hydrogens is 362 g/mol. The van der Waals surface area contributed by atoms with Crippen molar-refractivity contribution in [1.29, 1.82) is 0 Å². The van der Waals surface area contributed by atoms with E-state index in [1.807, 2.05) is 30.3 Å². The maximum absolute atomic E-state index is 12.4. The Bertz CT molecular complexity index is 712. The number of benzene rings is 1. The zero-order chi connectivity index (χ0) is 20.6. The van der Waals surface area contributed by atoms with E-state index in [0.717, 1.165) is 5.56 Å². The van der Waals surface area contributed by atoms with Gasteiger partial charge in [0.15, 0.2) is 0 Å². The third-order valence-corrected chi connectivity index (χ3v) is 5.09. The van der Waals surface area contributed by atoms with Crippen LogP contribution < -0.4 is 10.6 Å². The van der Waals surface area contributed by atoms with Crippen LogP contribution in [0.25, 0.3) is 0 Å². The van der Waals surface area contributed by atoms with Crippen molar-refractivity contribution >= 4 is 23.7 Å². The number of piperidine rings is 1. The van der Waals surface area contributed by atoms with E-state index in [9.17, 15) is 24.3 Å². The highest BCUT2D eigenvalue weighted by Gasteiger charge is 2.43. The molecule has 3 amide bonds. The van der Waals surface area contributed by atoms with E-state index in [1.54, 1.807) is 4.90 Å². The Kier molecular flexibility index (Phi) is 7.54. The van der Waals surface area contributed by atoms with Crippen LogP contribution in [0.3, 0.4) is 0 Å². The van der Waals surface area contributed by atoms with Crippen LogP contribution in [0.4, 0.5) is 0 Å². The molecule has 1 aliphatic heterocycles. The van der Waals surface area contributed by atoms with Gasteiger partial charge in [-0.1, -0.05) is 30.3 Å². The van der Waals surface area contributed by atoms with Gasteiger partial charge in [-0.2, -0.15) is 0 Å². The Labute approximate surface area is 164 Å². The maximum atomic E-state index is 12.4. The van der Waals surface area contributed by atoms with Gasteiger partial charge in [-0.15, -0.1) is 0 Å². The van der Waals surface area contributed by atoms with E-state index in [2.05, 4.69) is 10.6 Å². The number of carboxylic acids is 1. The summed E-state index contributed by atoms with van der Waals surface area (Å²) in [6, 6.07) is 9.12. The molecule has 3 N–H and O–H groups in total. The fraction of sp³-hybridized carbons (Fsp3) is 0.500. The summed E-state index contributed by atoms with van der Waals surface area (Å²) in [7, 11) is 0. The number of aliphatic carboxylic acids is 1. The topological polar surface area (TPSA) is 116 Å². The van der Waals surface area contributed by atoms with Crippen LogP contribution in [0.15, 0.2) is 30.3 Å². The molecule has 0 spiro atoms. The van der Waals surface area contributed by atoms with Gasteiger partial charge in [-0.3, -0.25) is 19.2 Å². The van der Waals surface area contributed by atoms with Crippen LogP contribution in [0, 0.1) is 0 Å². The molecule has 1 aromatic rings. The summed E-state index contributed by atoms with van der Waals surface area (Å²) in [6.45, 7) is 2.76. The largest absolute Gasteiger partial charge is 0.481 e. The SMILES string of the molecule is CC(=O)NCCNC(=O)CCC(=O)N1CCC(C(=O)O)(c2ccccc2)CC1. The number of carbonyl (C=O) groups is 4. The van der Waals surface area contributed by atoms with Gasteiger partial charge in [0.2, 0.25) is 17.7 Å². The Morgan fingerprint density at radius 3 is 2.18 bits per heavy atom. The van der Waals surface area contributed by atoms with Gasteiger partial charge in [0.1, 0.15) is 0 Å². The van der Waals surface area contributed by atoms with Gasteiger partial charge in [0.25, 0.3) is 0 Å². The van der Waals surface area contributed by atoms with E-state index < -0.39 is 11.4 Å². The number of carboxylic acid groups (broad SMARTS) is 1. The molecule has 0 unspecified atom stereocenters. The fourth-order valence-electron chi connectivity index (χ4n) is 3.43. The summed E-state index contributed by atoms with van der Waals surface area (Å²) < 4.78 is 0. The van der Waals surface area contributed by atoms with E-state index in [4.69, 9.17) is 0 Å². The third kappa shape index (κ3) is 5.55. The number of nitrogens with zero attached hydrogens (tertiary/aromatic N) is 1. The predicted octanol–water partition coefficient (Wildman–Crippen LogP) is 0.664. The molecule has 0 aliphatic carbocycles. The second-order valence-electron chi connectivity index (χ2n) is 6.97. The lowest BCUT2D eigenvalue weighted by molar-refractivity contribution is -0.148. The molecule has 1 saturated heterocycles. The summed E-state index contributed by atoms with van der Waals surface area (Å²) in [5.74, 6) is -1.43. The van der Waals surface area contributed by atoms with E-state index in [0.29, 0.717) is 39.0 Å². The molecular formula is C20H27N3O5. The van der Waals surface area contributed by atoms with Crippen LogP contribution in [-0.4, -0.2) is 59.9 Å². The fourth-order valence-corrected chi connectivity index (χ4v) is 3.43. The minimum absolute atomic E-state index is 0.0676. The summed E-state index contributed by atoms with van der Waals surface area (Å²) in [5, 5.41) is 15.0. The summed E-state index contributed by atoms with van der Waals surface area (Å²) in [4.78, 5) is 48.5. The minimum Gasteiger partial charge on any atom is -0.481 e. The molecule has 152 valence electrons. The van der Waals surface area contributed by atoms with Gasteiger partial charge >= 0.3 is 5.97 Å². The lowest BCUT2D eigenvalue weighted by Gasteiger charge is -2.39. The smallest absolute Gasteiger partial charge is 0.314 e. The standard InChI is InChI=1S/C20H27N3O5/c1-15(24)21-11-12-22-17(25)7-8-18(26)23-13-9-20(10-14-23,19(27)28)16-5-3-2-4-6-16/h2-6H,7-14H2,1H3,(H,21,24)(H,22,25)(H,27,28). The Morgan fingerprint density at radius 1 is 1.00 bits per heavy atom. The first-order chi connectivity index (χ1) is 13.3. The van der Waals surface area contributed by atoms with Gasteiger partial charge in [0.05, 0.1) is 5.41 Å². The quantitative estimate of drug-likeness (QED) is 0.565. The minimum atomic E-state index is -0.973. The Morgan fingerprint density at radius 2 is 1.61 bits per heavy atom. The molecule has 8 heteroatoms. The first-order valence-corrected chi connectivity index (χ1v) is 9.43. The van der Waals surface area contributed by atoms with Crippen LogP contribution in [0.5, 0.6) is 0 Å². The highest BCUT2D eigenvalue weighted by Crippen LogP contribution is 2.36. The highest BCUT2D eigenvalue weighted by molar-refractivity contribution is 5.85. The van der Waals surface area contributed by atoms with Gasteiger partial charge in [-0.05, 0) is 18.4 Å². The molecule has 2 rings (SSSR count). The molecule has 8 nitrogen and oxygen atoms in total. The number of hydrogen-bond acceptors (Lipinski definition) is 4. The predicted molar refractivity (Wildman–Crippen MR) is 102 cm³/mol. The first kappa shape index (κ1) is 21.4. The van der Waals surface area contributed by atoms with Crippen LogP contribution in [0.2, 0.25) is 0 Å². The lowest BCUT2D eigenvalue weighted by Crippen LogP contribution is -2.49. The zero-order valence-electron chi connectivity index (χ0n) is 16.1. The van der Waals surface area contributed by atoms with E-state index in [1.165, 1.54) is 6.92 Å². The average Bonchev–Trinajstić information content (AvgIpc) is 2.69. The van der Waals surface area contributed by atoms with Gasteiger partial charge in [0, 0.05) is 45.9 Å². The second-order valence-corrected chi connectivity index (χ2v) is 6.97. The van der Waals surface area contributed by atoms with Crippen molar-refractivity contribution in [2.45, 2.75) is 38.0 Å². The average molecular weight is 389 g/mol. The summed E-state index contributed by atoms with van der Waals surface area (Å²) >= 11 is 0. The van der Waals surface area contributed by atoms with Crippen molar-refractivity contribution in [1.82, 2.24) is 15.5 Å². The molecule has 1 heterocycles. The van der Waals surface area contributed by atoms with Crippen molar-refractivity contribution in [2.75, 3.05) is 26.2 Å². The van der Waals surface area contributed by atoms with Crippen molar-refractivity contribution in [3.63, 3.8) is 0 Å². The molecule has 0 aromatic heterocycles. The molecule has 28 heavy (non-hydrogen) atoms. The van der Waals surface area contributed by atoms with Gasteiger partial charge < -0.3 is 20.6 Å². The van der Waals surface area contributed by atoms with E-state index >= 15 is 0 Å². The summed E-state index contributed by atoms with van der Waals surface area (Å²) in [5.41, 5.74) is -0.216. The number of carbonyl (C=O) groups excluding carboxylic acids is 3. The van der Waals surface area contributed by atoms with Crippen LogP contribution in [-0.2, 0) is 24.6 Å². The molecule has 0 bridgehead atoms. The molecule has 0 atom stereocenters. The van der Waals surface area contributed by atoms with Crippen molar-refractivity contribution < 1.29 is 24.3 Å². The monoisotopic (exact) mass is 389 g/mol. The molecule has 0 radical (unpaired) electrons. The van der Waals surface area contributed by atoms with Crippen LogP contribution in [0.1, 0.15) is 38.2 Å². The van der Waals surface area contributed by atoms with Gasteiger partial charge in [-0.25, -0.2) is 0 Å². The first-order valence-electron chi connectivity index (χ1n) is 9.43. The lowest BCUT2D eigenvalue weighted by atomic mass is 9.73. The number of nitrogens with one attached hydrogen (secondary N) is 2. The number of amides is 3. The number of hydrogen-bond donors (Lipinski definition) is 3. The molecule has 1 aliphatic rings. The van der Waals surface area contributed by atoms with Crippen molar-refractivity contribution in [3.05, 3.63) is 35.9 Å². The number of rotatable bonds is 8. The maximum Gasteiger partial charge on any atom is 0.314 e. The van der Waals surface area contributed by atoms with Crippen LogP contribution >= 0.6 is 0 Å². The molecule has 1 aromatic carbocycles. The molecule has 1 fully saturated rings. The van der Waals surface area contributed by atoms with Crippen molar-refractivity contribution in [3.8, 4) is 0 Å². The third-order valence-electron chi connectivity index (χ3n) is 5.09. The van der Waals surface area contributed by atoms with E-state index in [-0.39, 0.29) is 30.6 Å². The Hall–Kier alpha value is -2.90. The second kappa shape index (κ2) is 9.87.